The van der Waals surface area contributed by atoms with Crippen LogP contribution in [0.5, 0.6) is 0 Å². The zero-order chi connectivity index (χ0) is 20.9. The molecule has 5 nitrogen and oxygen atoms in total. The minimum Gasteiger partial charge on any atom is -0.353 e. The molecule has 0 aliphatic carbocycles. The van der Waals surface area contributed by atoms with E-state index >= 15 is 0 Å². The Labute approximate surface area is 174 Å². The van der Waals surface area contributed by atoms with Crippen molar-refractivity contribution in [3.8, 4) is 11.3 Å². The maximum atomic E-state index is 4.71. The Morgan fingerprint density at radius 1 is 0.897 bits per heavy atom. The quantitative estimate of drug-likeness (QED) is 0.585. The van der Waals surface area contributed by atoms with Crippen molar-refractivity contribution >= 4 is 17.5 Å². The van der Waals surface area contributed by atoms with Crippen LogP contribution in [-0.2, 0) is 5.41 Å². The molecule has 0 spiro atoms. The zero-order valence-electron chi connectivity index (χ0n) is 18.0. The Morgan fingerprint density at radius 2 is 1.59 bits per heavy atom. The average Bonchev–Trinajstić information content (AvgIpc) is 2.68. The summed E-state index contributed by atoms with van der Waals surface area (Å²) in [4.78, 5) is 11.5. The van der Waals surface area contributed by atoms with Gasteiger partial charge in [0.1, 0.15) is 5.82 Å². The van der Waals surface area contributed by atoms with Crippen LogP contribution in [0.3, 0.4) is 0 Å². The molecule has 3 rings (SSSR count). The van der Waals surface area contributed by atoms with Crippen molar-refractivity contribution in [1.29, 1.82) is 0 Å². The van der Waals surface area contributed by atoms with E-state index in [1.165, 1.54) is 5.56 Å². The lowest BCUT2D eigenvalue weighted by Crippen LogP contribution is -2.21. The lowest BCUT2D eigenvalue weighted by molar-refractivity contribution is 0.425. The first-order valence-corrected chi connectivity index (χ1v) is 10.0. The summed E-state index contributed by atoms with van der Waals surface area (Å²) in [6, 6.07) is 20.7. The van der Waals surface area contributed by atoms with Gasteiger partial charge in [-0.25, -0.2) is 4.98 Å². The Morgan fingerprint density at radius 3 is 2.21 bits per heavy atom. The monoisotopic (exact) mass is 389 g/mol. The predicted octanol–water partition coefficient (Wildman–Crippen LogP) is 5.16. The van der Waals surface area contributed by atoms with Crippen molar-refractivity contribution in [1.82, 2.24) is 14.9 Å². The number of hydrogen-bond donors (Lipinski definition) is 2. The molecule has 2 N–H and O–H groups in total. The fourth-order valence-corrected chi connectivity index (χ4v) is 2.94. The summed E-state index contributed by atoms with van der Waals surface area (Å²) in [7, 11) is 4.11. The van der Waals surface area contributed by atoms with E-state index in [0.717, 1.165) is 35.9 Å². The Balaban J connectivity index is 1.86. The normalized spacial score (nSPS) is 11.5. The molecule has 152 valence electrons. The SMILES string of the molecule is CN(C)CCNc1nc(Nc2ccc(C(C)(C)C)cc2)cc(-c2ccccc2)n1. The minimum absolute atomic E-state index is 0.136. The van der Waals surface area contributed by atoms with Gasteiger partial charge in [0.15, 0.2) is 0 Å². The van der Waals surface area contributed by atoms with Crippen LogP contribution in [0.15, 0.2) is 60.7 Å². The largest absolute Gasteiger partial charge is 0.353 e. The molecule has 1 heterocycles. The lowest BCUT2D eigenvalue weighted by atomic mass is 9.87. The molecule has 0 aliphatic heterocycles. The first kappa shape index (κ1) is 20.8. The number of nitrogens with one attached hydrogen (secondary N) is 2. The van der Waals surface area contributed by atoms with Crippen molar-refractivity contribution in [2.45, 2.75) is 26.2 Å². The maximum Gasteiger partial charge on any atom is 0.225 e. The van der Waals surface area contributed by atoms with Crippen molar-refractivity contribution in [3.63, 3.8) is 0 Å². The van der Waals surface area contributed by atoms with Gasteiger partial charge in [-0.3, -0.25) is 0 Å². The first-order valence-electron chi connectivity index (χ1n) is 10.0. The summed E-state index contributed by atoms with van der Waals surface area (Å²) in [5, 5.41) is 6.77. The summed E-state index contributed by atoms with van der Waals surface area (Å²) in [5.74, 6) is 1.40. The highest BCUT2D eigenvalue weighted by molar-refractivity contribution is 5.67. The van der Waals surface area contributed by atoms with E-state index in [1.54, 1.807) is 0 Å². The van der Waals surface area contributed by atoms with Gasteiger partial charge in [-0.2, -0.15) is 4.98 Å². The zero-order valence-corrected chi connectivity index (χ0v) is 18.0. The van der Waals surface area contributed by atoms with Gasteiger partial charge >= 0.3 is 0 Å². The standard InChI is InChI=1S/C24H31N5/c1-24(2,3)19-11-13-20(14-12-19)26-22-17-21(18-9-7-6-8-10-18)27-23(28-22)25-15-16-29(4)5/h6-14,17H,15-16H2,1-5H3,(H2,25,26,27,28). The minimum atomic E-state index is 0.136. The summed E-state index contributed by atoms with van der Waals surface area (Å²) in [6.07, 6.45) is 0. The van der Waals surface area contributed by atoms with Crippen molar-refractivity contribution < 1.29 is 0 Å². The number of aromatic nitrogens is 2. The molecule has 0 aliphatic rings. The third kappa shape index (κ3) is 6.03. The van der Waals surface area contributed by atoms with Crippen LogP contribution in [0.2, 0.25) is 0 Å². The molecular formula is C24H31N5. The summed E-state index contributed by atoms with van der Waals surface area (Å²) >= 11 is 0. The predicted molar refractivity (Wildman–Crippen MR) is 123 cm³/mol. The van der Waals surface area contributed by atoms with Crippen LogP contribution in [0.4, 0.5) is 17.5 Å². The third-order valence-electron chi connectivity index (χ3n) is 4.66. The Kier molecular flexibility index (Phi) is 6.49. The lowest BCUT2D eigenvalue weighted by Gasteiger charge is -2.19. The van der Waals surface area contributed by atoms with Crippen molar-refractivity contribution in [2.75, 3.05) is 37.8 Å². The van der Waals surface area contributed by atoms with Crippen LogP contribution in [0.25, 0.3) is 11.3 Å². The molecule has 0 unspecified atom stereocenters. The van der Waals surface area contributed by atoms with E-state index in [2.05, 4.69) is 91.8 Å². The molecule has 5 heteroatoms. The number of likely N-dealkylation sites (N-methyl/N-ethyl adjacent to an activating group) is 1. The van der Waals surface area contributed by atoms with Crippen LogP contribution in [0.1, 0.15) is 26.3 Å². The maximum absolute atomic E-state index is 4.71. The summed E-state index contributed by atoms with van der Waals surface area (Å²) < 4.78 is 0. The van der Waals surface area contributed by atoms with Crippen molar-refractivity contribution in [3.05, 3.63) is 66.2 Å². The molecule has 0 fully saturated rings. The van der Waals surface area contributed by atoms with Gasteiger partial charge in [-0.1, -0.05) is 63.2 Å². The number of hydrogen-bond acceptors (Lipinski definition) is 5. The number of nitrogens with zero attached hydrogens (tertiary/aromatic N) is 3. The van der Waals surface area contributed by atoms with Crippen LogP contribution < -0.4 is 10.6 Å². The molecule has 0 saturated carbocycles. The topological polar surface area (TPSA) is 53.1 Å². The highest BCUT2D eigenvalue weighted by atomic mass is 15.2. The van der Waals surface area contributed by atoms with E-state index in [1.807, 2.05) is 24.3 Å². The molecular weight excluding hydrogens is 358 g/mol. The Hall–Kier alpha value is -2.92. The van der Waals surface area contributed by atoms with E-state index in [9.17, 15) is 0 Å². The summed E-state index contributed by atoms with van der Waals surface area (Å²) in [6.45, 7) is 8.36. The fourth-order valence-electron chi connectivity index (χ4n) is 2.94. The number of rotatable bonds is 7. The van der Waals surface area contributed by atoms with Crippen LogP contribution in [0, 0.1) is 0 Å². The second-order valence-corrected chi connectivity index (χ2v) is 8.51. The highest BCUT2D eigenvalue weighted by Gasteiger charge is 2.13. The summed E-state index contributed by atoms with van der Waals surface area (Å²) in [5.41, 5.74) is 4.41. The fraction of sp³-hybridized carbons (Fsp3) is 0.333. The van der Waals surface area contributed by atoms with Gasteiger partial charge in [0.25, 0.3) is 0 Å². The van der Waals surface area contributed by atoms with Gasteiger partial charge in [-0.05, 0) is 37.2 Å². The van der Waals surface area contributed by atoms with Crippen molar-refractivity contribution in [2.24, 2.45) is 0 Å². The van der Waals surface area contributed by atoms with Gasteiger partial charge in [0.2, 0.25) is 5.95 Å². The molecule has 3 aromatic rings. The van der Waals surface area contributed by atoms with Gasteiger partial charge < -0.3 is 15.5 Å². The number of benzene rings is 2. The van der Waals surface area contributed by atoms with E-state index < -0.39 is 0 Å². The smallest absolute Gasteiger partial charge is 0.225 e. The molecule has 29 heavy (non-hydrogen) atoms. The van der Waals surface area contributed by atoms with E-state index in [-0.39, 0.29) is 5.41 Å². The van der Waals surface area contributed by atoms with Crippen LogP contribution >= 0.6 is 0 Å². The second kappa shape index (κ2) is 9.05. The number of anilines is 3. The molecule has 1 aromatic heterocycles. The van der Waals surface area contributed by atoms with Gasteiger partial charge in [-0.15, -0.1) is 0 Å². The molecule has 0 atom stereocenters. The Bertz CT molecular complexity index is 912. The molecule has 0 saturated heterocycles. The first-order chi connectivity index (χ1) is 13.8. The van der Waals surface area contributed by atoms with Crippen LogP contribution in [-0.4, -0.2) is 42.1 Å². The van der Waals surface area contributed by atoms with Gasteiger partial charge in [0.05, 0.1) is 5.69 Å². The molecule has 0 amide bonds. The highest BCUT2D eigenvalue weighted by Crippen LogP contribution is 2.26. The molecule has 0 radical (unpaired) electrons. The van der Waals surface area contributed by atoms with E-state index in [0.29, 0.717) is 5.95 Å². The van der Waals surface area contributed by atoms with Gasteiger partial charge in [0, 0.05) is 30.4 Å². The third-order valence-corrected chi connectivity index (χ3v) is 4.66. The molecule has 0 bridgehead atoms. The molecule has 2 aromatic carbocycles. The second-order valence-electron chi connectivity index (χ2n) is 8.51. The average molecular weight is 390 g/mol. The van der Waals surface area contributed by atoms with E-state index in [4.69, 9.17) is 4.98 Å².